The molecule has 0 radical (unpaired) electrons. The summed E-state index contributed by atoms with van der Waals surface area (Å²) in [5.41, 5.74) is 13.1. The molecule has 8 aromatic carbocycles. The largest absolute Gasteiger partial charge is 0.454 e. The van der Waals surface area contributed by atoms with Gasteiger partial charge in [0.1, 0.15) is 5.58 Å². The lowest BCUT2D eigenvalue weighted by atomic mass is 10.0. The summed E-state index contributed by atoms with van der Waals surface area (Å²) in [7, 11) is 0. The third-order valence-corrected chi connectivity index (χ3v) is 11.3. The minimum atomic E-state index is 0.667. The first kappa shape index (κ1) is 31.6. The molecular formula is C52H32N4O. The quantitative estimate of drug-likeness (QED) is 0.177. The Morgan fingerprint density at radius 3 is 1.67 bits per heavy atom. The zero-order valence-electron chi connectivity index (χ0n) is 30.7. The molecule has 0 spiro atoms. The molecule has 0 N–H and O–H groups in total. The number of hydrogen-bond donors (Lipinski definition) is 0. The molecular weight excluding hydrogens is 697 g/mol. The summed E-state index contributed by atoms with van der Waals surface area (Å²) in [6.07, 6.45) is 0. The number of hydrogen-bond acceptors (Lipinski definition) is 3. The summed E-state index contributed by atoms with van der Waals surface area (Å²) in [4.78, 5) is 10.4. The van der Waals surface area contributed by atoms with Gasteiger partial charge in [-0.2, -0.15) is 0 Å². The van der Waals surface area contributed by atoms with Gasteiger partial charge in [-0.05, 0) is 60.7 Å². The van der Waals surface area contributed by atoms with Gasteiger partial charge in [-0.25, -0.2) is 9.97 Å². The Hall–Kier alpha value is -7.76. The van der Waals surface area contributed by atoms with Crippen LogP contribution in [-0.4, -0.2) is 19.1 Å². The lowest BCUT2D eigenvalue weighted by Crippen LogP contribution is -1.98. The number of benzene rings is 8. The Bertz CT molecular complexity index is 3450. The van der Waals surface area contributed by atoms with Crippen molar-refractivity contribution in [2.75, 3.05) is 0 Å². The molecule has 5 heteroatoms. The van der Waals surface area contributed by atoms with Gasteiger partial charge < -0.3 is 13.6 Å². The molecule has 12 rings (SSSR count). The summed E-state index contributed by atoms with van der Waals surface area (Å²) in [6.45, 7) is 0. The van der Waals surface area contributed by atoms with Gasteiger partial charge in [0.25, 0.3) is 0 Å². The molecule has 0 saturated carbocycles. The van der Waals surface area contributed by atoms with Crippen LogP contribution in [-0.2, 0) is 0 Å². The Balaban J connectivity index is 1.17. The first-order valence-electron chi connectivity index (χ1n) is 19.3. The van der Waals surface area contributed by atoms with E-state index in [1.165, 1.54) is 21.7 Å². The Morgan fingerprint density at radius 1 is 0.368 bits per heavy atom. The first-order valence-corrected chi connectivity index (χ1v) is 19.3. The van der Waals surface area contributed by atoms with Gasteiger partial charge in [-0.15, -0.1) is 0 Å². The molecule has 0 atom stereocenters. The second-order valence-electron chi connectivity index (χ2n) is 14.6. The highest BCUT2D eigenvalue weighted by atomic mass is 16.3. The van der Waals surface area contributed by atoms with E-state index >= 15 is 0 Å². The Kier molecular flexibility index (Phi) is 6.86. The average molecular weight is 729 g/mol. The minimum absolute atomic E-state index is 0.667. The van der Waals surface area contributed by atoms with Crippen molar-refractivity contribution in [1.82, 2.24) is 19.1 Å². The molecule has 0 aliphatic carbocycles. The highest BCUT2D eigenvalue weighted by molar-refractivity contribution is 6.32. The summed E-state index contributed by atoms with van der Waals surface area (Å²) < 4.78 is 11.6. The average Bonchev–Trinajstić information content (AvgIpc) is 3.95. The minimum Gasteiger partial charge on any atom is -0.454 e. The van der Waals surface area contributed by atoms with Crippen molar-refractivity contribution >= 4 is 65.6 Å². The molecule has 0 fully saturated rings. The van der Waals surface area contributed by atoms with Gasteiger partial charge in [0, 0.05) is 60.4 Å². The van der Waals surface area contributed by atoms with E-state index in [1.54, 1.807) is 0 Å². The summed E-state index contributed by atoms with van der Waals surface area (Å²) in [5, 5.41) is 6.94. The van der Waals surface area contributed by atoms with E-state index in [2.05, 4.69) is 185 Å². The van der Waals surface area contributed by atoms with Crippen molar-refractivity contribution < 1.29 is 4.42 Å². The third kappa shape index (κ3) is 4.82. The number of para-hydroxylation sites is 3. The normalized spacial score (nSPS) is 11.9. The lowest BCUT2D eigenvalue weighted by molar-refractivity contribution is 0.671. The van der Waals surface area contributed by atoms with E-state index in [1.807, 2.05) is 18.2 Å². The van der Waals surface area contributed by atoms with Gasteiger partial charge >= 0.3 is 0 Å². The van der Waals surface area contributed by atoms with E-state index in [-0.39, 0.29) is 0 Å². The second-order valence-corrected chi connectivity index (χ2v) is 14.6. The van der Waals surface area contributed by atoms with Gasteiger partial charge in [-0.1, -0.05) is 133 Å². The van der Waals surface area contributed by atoms with Crippen LogP contribution in [0.5, 0.6) is 0 Å². The van der Waals surface area contributed by atoms with E-state index in [9.17, 15) is 0 Å². The fourth-order valence-electron chi connectivity index (χ4n) is 8.82. The monoisotopic (exact) mass is 728 g/mol. The molecule has 0 amide bonds. The van der Waals surface area contributed by atoms with Crippen LogP contribution < -0.4 is 0 Å². The van der Waals surface area contributed by atoms with Crippen LogP contribution in [0.15, 0.2) is 199 Å². The number of aromatic nitrogens is 4. The molecule has 0 bridgehead atoms. The van der Waals surface area contributed by atoms with Crippen LogP contribution in [0.4, 0.5) is 0 Å². The maximum atomic E-state index is 6.83. The van der Waals surface area contributed by atoms with E-state index in [0.29, 0.717) is 5.82 Å². The summed E-state index contributed by atoms with van der Waals surface area (Å²) in [6, 6.07) is 68.2. The molecule has 12 aromatic rings. The molecule has 4 heterocycles. The van der Waals surface area contributed by atoms with Crippen molar-refractivity contribution in [2.24, 2.45) is 0 Å². The van der Waals surface area contributed by atoms with Gasteiger partial charge in [-0.3, -0.25) is 0 Å². The number of fused-ring (bicyclic) bond motifs is 11. The van der Waals surface area contributed by atoms with E-state index in [4.69, 9.17) is 14.4 Å². The van der Waals surface area contributed by atoms with Crippen LogP contribution >= 0.6 is 0 Å². The molecule has 0 saturated heterocycles. The molecule has 5 nitrogen and oxygen atoms in total. The van der Waals surface area contributed by atoms with E-state index in [0.717, 1.165) is 83.3 Å². The number of nitrogens with zero attached hydrogens (tertiary/aromatic N) is 4. The molecule has 0 unspecified atom stereocenters. The second kappa shape index (κ2) is 12.4. The molecule has 266 valence electrons. The fraction of sp³-hybridized carbons (Fsp3) is 0. The van der Waals surface area contributed by atoms with Crippen molar-refractivity contribution in [3.05, 3.63) is 194 Å². The maximum Gasteiger partial charge on any atom is 0.160 e. The highest BCUT2D eigenvalue weighted by Crippen LogP contribution is 2.45. The number of furan rings is 1. The standard InChI is InChI=1S/C52H32N4O/c1-4-15-33(16-5-1)42-32-43(34-17-6-2-7-18-34)54-52(53-42)35-19-14-22-37(31-35)56-46-30-29-45-48(40-24-10-12-25-44(40)55(45)36-20-8-3-9-21-36)49(46)41-28-27-39-38-23-11-13-26-47(38)57-51(39)50(41)56/h1-32H. The van der Waals surface area contributed by atoms with Crippen LogP contribution in [0.3, 0.4) is 0 Å². The maximum absolute atomic E-state index is 6.83. The SMILES string of the molecule is c1ccc(-c2cc(-c3ccccc3)nc(-c3cccc(-n4c5ccc6c(c7ccccc7n6-c6ccccc6)c5c5ccc6c7ccccc7oc6c54)c3)n2)cc1. The smallest absolute Gasteiger partial charge is 0.160 e. The van der Waals surface area contributed by atoms with Gasteiger partial charge in [0.15, 0.2) is 11.4 Å². The number of rotatable bonds is 5. The van der Waals surface area contributed by atoms with Crippen molar-refractivity contribution in [3.63, 3.8) is 0 Å². The van der Waals surface area contributed by atoms with Gasteiger partial charge in [0.2, 0.25) is 0 Å². The van der Waals surface area contributed by atoms with Crippen molar-refractivity contribution in [1.29, 1.82) is 0 Å². The van der Waals surface area contributed by atoms with Crippen molar-refractivity contribution in [3.8, 4) is 45.3 Å². The predicted octanol–water partition coefficient (Wildman–Crippen LogP) is 13.6. The Morgan fingerprint density at radius 2 is 0.930 bits per heavy atom. The molecule has 0 aliphatic heterocycles. The highest BCUT2D eigenvalue weighted by Gasteiger charge is 2.24. The first-order chi connectivity index (χ1) is 28.3. The van der Waals surface area contributed by atoms with Crippen LogP contribution in [0, 0.1) is 0 Å². The summed E-state index contributed by atoms with van der Waals surface area (Å²) >= 11 is 0. The fourth-order valence-corrected chi connectivity index (χ4v) is 8.82. The van der Waals surface area contributed by atoms with Gasteiger partial charge in [0.05, 0.1) is 33.5 Å². The zero-order valence-corrected chi connectivity index (χ0v) is 30.7. The topological polar surface area (TPSA) is 48.8 Å². The zero-order chi connectivity index (χ0) is 37.5. The molecule has 0 aliphatic rings. The van der Waals surface area contributed by atoms with Crippen LogP contribution in [0.2, 0.25) is 0 Å². The van der Waals surface area contributed by atoms with E-state index < -0.39 is 0 Å². The summed E-state index contributed by atoms with van der Waals surface area (Å²) in [5.74, 6) is 0.667. The van der Waals surface area contributed by atoms with Crippen LogP contribution in [0.25, 0.3) is 111 Å². The third-order valence-electron chi connectivity index (χ3n) is 11.3. The van der Waals surface area contributed by atoms with Crippen LogP contribution in [0.1, 0.15) is 0 Å². The lowest BCUT2D eigenvalue weighted by Gasteiger charge is -2.12. The Labute approximate surface area is 327 Å². The van der Waals surface area contributed by atoms with Crippen molar-refractivity contribution in [2.45, 2.75) is 0 Å². The predicted molar refractivity (Wildman–Crippen MR) is 234 cm³/mol. The molecule has 4 aromatic heterocycles. The molecule has 57 heavy (non-hydrogen) atoms.